The van der Waals surface area contributed by atoms with E-state index in [2.05, 4.69) is 10.1 Å². The Morgan fingerprint density at radius 2 is 2.05 bits per heavy atom. The topological polar surface area (TPSA) is 108 Å². The molecule has 0 aliphatic carbocycles. The monoisotopic (exact) mass is 296 g/mol. The molecule has 1 aromatic rings. The number of ether oxygens (including phenoxy) is 2. The summed E-state index contributed by atoms with van der Waals surface area (Å²) in [7, 11) is 2.61. The Morgan fingerprint density at radius 1 is 1.38 bits per heavy atom. The predicted molar refractivity (Wildman–Crippen MR) is 73.0 cm³/mol. The minimum Gasteiger partial charge on any atom is -0.496 e. The number of benzene rings is 1. The van der Waals surface area contributed by atoms with Crippen LogP contribution >= 0.6 is 0 Å². The number of nitro groups is 1. The van der Waals surface area contributed by atoms with Gasteiger partial charge in [0, 0.05) is 31.0 Å². The molecule has 0 saturated heterocycles. The summed E-state index contributed by atoms with van der Waals surface area (Å²) in [6, 6.07) is 3.10. The van der Waals surface area contributed by atoms with Gasteiger partial charge in [-0.25, -0.2) is 4.79 Å². The molecular weight excluding hydrogens is 280 g/mol. The standard InChI is InChI=1S/C13H16N2O6/c1-8(16)14-11(13(17)21-3)7-9-6-10(15(18)19)4-5-12(9)20-2/h4-6,11H,7H2,1-3H3,(H,14,16)/t11-/m0/s1. The molecule has 0 heterocycles. The highest BCUT2D eigenvalue weighted by atomic mass is 16.6. The van der Waals surface area contributed by atoms with E-state index in [-0.39, 0.29) is 12.1 Å². The van der Waals surface area contributed by atoms with Crippen molar-refractivity contribution in [1.29, 1.82) is 0 Å². The van der Waals surface area contributed by atoms with Gasteiger partial charge in [0.2, 0.25) is 5.91 Å². The Hall–Kier alpha value is -2.64. The minimum atomic E-state index is -0.941. The molecule has 0 fully saturated rings. The van der Waals surface area contributed by atoms with Crippen LogP contribution in [0.5, 0.6) is 5.75 Å². The van der Waals surface area contributed by atoms with Gasteiger partial charge in [-0.05, 0) is 6.07 Å². The zero-order valence-electron chi connectivity index (χ0n) is 11.9. The summed E-state index contributed by atoms with van der Waals surface area (Å²) in [4.78, 5) is 33.1. The van der Waals surface area contributed by atoms with E-state index in [4.69, 9.17) is 4.74 Å². The molecule has 0 bridgehead atoms. The number of amides is 1. The first-order valence-corrected chi connectivity index (χ1v) is 6.05. The molecule has 0 unspecified atom stereocenters. The van der Waals surface area contributed by atoms with Crippen LogP contribution in [0.15, 0.2) is 18.2 Å². The molecule has 0 aliphatic rings. The molecule has 8 heteroatoms. The molecule has 1 atom stereocenters. The first-order valence-electron chi connectivity index (χ1n) is 6.05. The van der Waals surface area contributed by atoms with Crippen LogP contribution < -0.4 is 10.1 Å². The fourth-order valence-electron chi connectivity index (χ4n) is 1.84. The van der Waals surface area contributed by atoms with Crippen molar-refractivity contribution in [2.75, 3.05) is 14.2 Å². The highest BCUT2D eigenvalue weighted by Gasteiger charge is 2.23. The maximum absolute atomic E-state index is 11.7. The lowest BCUT2D eigenvalue weighted by molar-refractivity contribution is -0.384. The van der Waals surface area contributed by atoms with E-state index in [9.17, 15) is 19.7 Å². The second kappa shape index (κ2) is 7.22. The molecule has 0 saturated carbocycles. The number of rotatable bonds is 6. The Labute approximate surface area is 121 Å². The van der Waals surface area contributed by atoms with Crippen LogP contribution in [-0.4, -0.2) is 37.1 Å². The van der Waals surface area contributed by atoms with Crippen LogP contribution in [0, 0.1) is 10.1 Å². The van der Waals surface area contributed by atoms with Gasteiger partial charge < -0.3 is 14.8 Å². The van der Waals surface area contributed by atoms with E-state index in [1.165, 1.54) is 39.3 Å². The van der Waals surface area contributed by atoms with Crippen molar-refractivity contribution in [3.8, 4) is 5.75 Å². The van der Waals surface area contributed by atoms with Crippen molar-refractivity contribution in [3.05, 3.63) is 33.9 Å². The zero-order chi connectivity index (χ0) is 16.0. The number of methoxy groups -OCH3 is 2. The van der Waals surface area contributed by atoms with Gasteiger partial charge in [0.25, 0.3) is 5.69 Å². The Morgan fingerprint density at radius 3 is 2.52 bits per heavy atom. The quantitative estimate of drug-likeness (QED) is 0.473. The van der Waals surface area contributed by atoms with Gasteiger partial charge in [0.15, 0.2) is 0 Å². The molecule has 21 heavy (non-hydrogen) atoms. The molecule has 1 rings (SSSR count). The van der Waals surface area contributed by atoms with Gasteiger partial charge in [-0.1, -0.05) is 0 Å². The van der Waals surface area contributed by atoms with Gasteiger partial charge in [-0.15, -0.1) is 0 Å². The van der Waals surface area contributed by atoms with Crippen LogP contribution in [-0.2, 0) is 20.7 Å². The van der Waals surface area contributed by atoms with Gasteiger partial charge in [0.05, 0.1) is 19.1 Å². The van der Waals surface area contributed by atoms with E-state index in [0.29, 0.717) is 11.3 Å². The molecule has 8 nitrogen and oxygen atoms in total. The summed E-state index contributed by atoms with van der Waals surface area (Å²) in [5, 5.41) is 13.2. The number of nitrogens with one attached hydrogen (secondary N) is 1. The number of hydrogen-bond acceptors (Lipinski definition) is 6. The van der Waals surface area contributed by atoms with Crippen molar-refractivity contribution in [1.82, 2.24) is 5.32 Å². The van der Waals surface area contributed by atoms with Crippen LogP contribution in [0.25, 0.3) is 0 Å². The predicted octanol–water partition coefficient (Wildman–Crippen LogP) is 0.824. The van der Waals surface area contributed by atoms with Gasteiger partial charge in [-0.3, -0.25) is 14.9 Å². The van der Waals surface area contributed by atoms with Gasteiger partial charge in [0.1, 0.15) is 11.8 Å². The molecule has 1 amide bonds. The van der Waals surface area contributed by atoms with Crippen LogP contribution in [0.3, 0.4) is 0 Å². The number of nitro benzene ring substituents is 1. The zero-order valence-corrected chi connectivity index (χ0v) is 11.9. The number of esters is 1. The molecule has 0 spiro atoms. The smallest absolute Gasteiger partial charge is 0.328 e. The lowest BCUT2D eigenvalue weighted by Gasteiger charge is -2.17. The van der Waals surface area contributed by atoms with Crippen LogP contribution in [0.2, 0.25) is 0 Å². The van der Waals surface area contributed by atoms with E-state index < -0.39 is 22.8 Å². The first kappa shape index (κ1) is 16.4. The first-order chi connectivity index (χ1) is 9.88. The molecule has 1 N–H and O–H groups in total. The highest BCUT2D eigenvalue weighted by molar-refractivity contribution is 5.83. The van der Waals surface area contributed by atoms with Crippen molar-refractivity contribution >= 4 is 17.6 Å². The normalized spacial score (nSPS) is 11.4. The van der Waals surface area contributed by atoms with Gasteiger partial charge in [-0.2, -0.15) is 0 Å². The molecular formula is C13H16N2O6. The number of non-ortho nitro benzene ring substituents is 1. The number of nitrogens with zero attached hydrogens (tertiary/aromatic N) is 1. The maximum atomic E-state index is 11.7. The third-order valence-corrected chi connectivity index (χ3v) is 2.76. The highest BCUT2D eigenvalue weighted by Crippen LogP contribution is 2.25. The molecule has 0 aliphatic heterocycles. The maximum Gasteiger partial charge on any atom is 0.328 e. The number of carbonyl (C=O) groups is 2. The third kappa shape index (κ3) is 4.44. The summed E-state index contributed by atoms with van der Waals surface area (Å²) in [5.74, 6) is -0.659. The van der Waals surface area contributed by atoms with E-state index in [1.54, 1.807) is 0 Å². The SMILES string of the molecule is COC(=O)[C@H](Cc1cc([N+](=O)[O-])ccc1OC)NC(C)=O. The average molecular weight is 296 g/mol. The summed E-state index contributed by atoms with van der Waals surface area (Å²) in [6.45, 7) is 1.26. The summed E-state index contributed by atoms with van der Waals surface area (Å²) < 4.78 is 9.72. The van der Waals surface area contributed by atoms with Gasteiger partial charge >= 0.3 is 5.97 Å². The van der Waals surface area contributed by atoms with E-state index >= 15 is 0 Å². The van der Waals surface area contributed by atoms with Crippen molar-refractivity contribution in [3.63, 3.8) is 0 Å². The Kier molecular flexibility index (Phi) is 5.65. The second-order valence-electron chi connectivity index (χ2n) is 4.23. The van der Waals surface area contributed by atoms with Crippen molar-refractivity contribution < 1.29 is 24.0 Å². The lowest BCUT2D eigenvalue weighted by atomic mass is 10.0. The fourth-order valence-corrected chi connectivity index (χ4v) is 1.84. The average Bonchev–Trinajstić information content (AvgIpc) is 2.45. The van der Waals surface area contributed by atoms with E-state index in [1.807, 2.05) is 0 Å². The number of carbonyl (C=O) groups excluding carboxylic acids is 2. The summed E-state index contributed by atoms with van der Waals surface area (Å²) in [6.07, 6.45) is 0.0249. The Balaban J connectivity index is 3.11. The third-order valence-electron chi connectivity index (χ3n) is 2.76. The molecule has 0 aromatic heterocycles. The summed E-state index contributed by atoms with van der Waals surface area (Å²) in [5.41, 5.74) is 0.299. The molecule has 0 radical (unpaired) electrons. The van der Waals surface area contributed by atoms with E-state index in [0.717, 1.165) is 0 Å². The van der Waals surface area contributed by atoms with Crippen LogP contribution in [0.4, 0.5) is 5.69 Å². The molecule has 1 aromatic carbocycles. The Bertz CT molecular complexity index is 558. The second-order valence-corrected chi connectivity index (χ2v) is 4.23. The van der Waals surface area contributed by atoms with Crippen molar-refractivity contribution in [2.45, 2.75) is 19.4 Å². The van der Waals surface area contributed by atoms with Crippen LogP contribution in [0.1, 0.15) is 12.5 Å². The summed E-state index contributed by atoms with van der Waals surface area (Å²) >= 11 is 0. The fraction of sp³-hybridized carbons (Fsp3) is 0.385. The molecule has 114 valence electrons. The number of hydrogen-bond donors (Lipinski definition) is 1. The minimum absolute atomic E-state index is 0.0249. The van der Waals surface area contributed by atoms with Crippen molar-refractivity contribution in [2.24, 2.45) is 0 Å². The largest absolute Gasteiger partial charge is 0.496 e. The lowest BCUT2D eigenvalue weighted by Crippen LogP contribution is -2.42.